The van der Waals surface area contributed by atoms with Crippen LogP contribution < -0.4 is 10.6 Å². The summed E-state index contributed by atoms with van der Waals surface area (Å²) in [6.07, 6.45) is 2.25. The van der Waals surface area contributed by atoms with Crippen molar-refractivity contribution in [3.63, 3.8) is 0 Å². The molecule has 2 N–H and O–H groups in total. The van der Waals surface area contributed by atoms with Crippen molar-refractivity contribution in [3.8, 4) is 0 Å². The van der Waals surface area contributed by atoms with E-state index in [2.05, 4.69) is 47.4 Å². The van der Waals surface area contributed by atoms with Crippen LogP contribution in [0, 0.1) is 0 Å². The smallest absolute Gasteiger partial charge is 0.325 e. The van der Waals surface area contributed by atoms with Gasteiger partial charge in [0.25, 0.3) is 0 Å². The summed E-state index contributed by atoms with van der Waals surface area (Å²) in [7, 11) is -0.836. The van der Waals surface area contributed by atoms with Gasteiger partial charge in [-0.3, -0.25) is 9.80 Å². The van der Waals surface area contributed by atoms with Crippen molar-refractivity contribution in [2.45, 2.75) is 64.0 Å². The summed E-state index contributed by atoms with van der Waals surface area (Å²) in [6.45, 7) is 18.1. The van der Waals surface area contributed by atoms with Crippen LogP contribution in [0.5, 0.6) is 0 Å². The second kappa shape index (κ2) is 12.3. The van der Waals surface area contributed by atoms with Gasteiger partial charge in [-0.25, -0.2) is 0 Å². The Morgan fingerprint density at radius 3 is 1.38 bits per heavy atom. The molecule has 0 spiro atoms. The Hall–Kier alpha value is 0.154. The molecule has 0 aliphatic carbocycles. The molecular formula is C20H46N4O3Si2. The van der Waals surface area contributed by atoms with Crippen molar-refractivity contribution < 1.29 is 13.0 Å². The molecule has 9 heteroatoms. The standard InChI is InChI=1S/C20H46N4O3Si2/c1-19(23-13-9-21-10-14-23)7-17-28(5,25-3)27-29(6,26-4)18-8-20(2)24-15-11-22-12-16-24/h19-22H,7-18H2,1-6H3. The summed E-state index contributed by atoms with van der Waals surface area (Å²) in [6, 6.07) is 3.19. The fourth-order valence-corrected chi connectivity index (χ4v) is 11.8. The van der Waals surface area contributed by atoms with E-state index in [4.69, 9.17) is 13.0 Å². The lowest BCUT2D eigenvalue weighted by molar-refractivity contribution is 0.171. The maximum absolute atomic E-state index is 6.77. The van der Waals surface area contributed by atoms with Gasteiger partial charge in [0.1, 0.15) is 0 Å². The number of hydrogen-bond donors (Lipinski definition) is 2. The third-order valence-electron chi connectivity index (χ3n) is 6.88. The van der Waals surface area contributed by atoms with Crippen LogP contribution in [0.4, 0.5) is 0 Å². The van der Waals surface area contributed by atoms with Crippen LogP contribution in [0.3, 0.4) is 0 Å². The molecule has 2 rings (SSSR count). The van der Waals surface area contributed by atoms with E-state index in [1.807, 2.05) is 14.2 Å². The summed E-state index contributed by atoms with van der Waals surface area (Å²) in [5.74, 6) is 0. The molecule has 7 nitrogen and oxygen atoms in total. The average Bonchev–Trinajstić information content (AvgIpc) is 2.77. The normalized spacial score (nSPS) is 25.9. The molecule has 172 valence electrons. The van der Waals surface area contributed by atoms with E-state index in [0.29, 0.717) is 12.1 Å². The molecule has 29 heavy (non-hydrogen) atoms. The molecule has 2 heterocycles. The Morgan fingerprint density at radius 2 is 1.07 bits per heavy atom. The predicted molar refractivity (Wildman–Crippen MR) is 125 cm³/mol. The Morgan fingerprint density at radius 1 is 0.724 bits per heavy atom. The van der Waals surface area contributed by atoms with E-state index in [1.54, 1.807) is 0 Å². The quantitative estimate of drug-likeness (QED) is 0.443. The van der Waals surface area contributed by atoms with Crippen LogP contribution in [-0.2, 0) is 13.0 Å². The van der Waals surface area contributed by atoms with E-state index in [9.17, 15) is 0 Å². The first kappa shape index (κ1) is 25.4. The molecule has 4 unspecified atom stereocenters. The van der Waals surface area contributed by atoms with E-state index in [-0.39, 0.29) is 0 Å². The first-order valence-electron chi connectivity index (χ1n) is 11.5. The minimum Gasteiger partial charge on any atom is -0.415 e. The molecule has 2 aliphatic rings. The lowest BCUT2D eigenvalue weighted by atomic mass is 10.2. The van der Waals surface area contributed by atoms with E-state index < -0.39 is 17.1 Å². The van der Waals surface area contributed by atoms with Crippen molar-refractivity contribution in [3.05, 3.63) is 0 Å². The summed E-state index contributed by atoms with van der Waals surface area (Å²) < 4.78 is 18.8. The van der Waals surface area contributed by atoms with Gasteiger partial charge in [0, 0.05) is 78.7 Å². The third kappa shape index (κ3) is 8.31. The molecule has 0 aromatic carbocycles. The van der Waals surface area contributed by atoms with Crippen LogP contribution in [0.1, 0.15) is 26.7 Å². The topological polar surface area (TPSA) is 58.2 Å². The summed E-state index contributed by atoms with van der Waals surface area (Å²) in [4.78, 5) is 5.17. The zero-order valence-corrected chi connectivity index (χ0v) is 21.8. The molecular weight excluding hydrogens is 400 g/mol. The van der Waals surface area contributed by atoms with Crippen molar-refractivity contribution in [2.24, 2.45) is 0 Å². The van der Waals surface area contributed by atoms with Gasteiger partial charge >= 0.3 is 17.1 Å². The van der Waals surface area contributed by atoms with Crippen LogP contribution in [0.2, 0.25) is 25.2 Å². The summed E-state index contributed by atoms with van der Waals surface area (Å²) >= 11 is 0. The highest BCUT2D eigenvalue weighted by molar-refractivity contribution is 6.80. The average molecular weight is 447 g/mol. The Labute approximate surface area is 181 Å². The Balaban J connectivity index is 1.84. The monoisotopic (exact) mass is 446 g/mol. The third-order valence-corrected chi connectivity index (χ3v) is 14.5. The first-order valence-corrected chi connectivity index (χ1v) is 16.6. The maximum atomic E-state index is 6.77. The SMILES string of the molecule is CO[Si](C)(CCC(C)N1CCNCC1)O[Si](C)(CCC(C)N1CCNCC1)OC. The number of nitrogens with one attached hydrogen (secondary N) is 2. The molecule has 2 aliphatic heterocycles. The largest absolute Gasteiger partial charge is 0.415 e. The molecule has 0 bridgehead atoms. The molecule has 4 atom stereocenters. The molecule has 0 aromatic heterocycles. The molecule has 0 aromatic rings. The van der Waals surface area contributed by atoms with Gasteiger partial charge in [0.15, 0.2) is 0 Å². The Bertz CT molecular complexity index is 427. The highest BCUT2D eigenvalue weighted by atomic mass is 28.5. The van der Waals surface area contributed by atoms with Crippen molar-refractivity contribution in [2.75, 3.05) is 66.6 Å². The van der Waals surface area contributed by atoms with Crippen LogP contribution in [0.15, 0.2) is 0 Å². The molecule has 2 fully saturated rings. The fraction of sp³-hybridized carbons (Fsp3) is 1.00. The van der Waals surface area contributed by atoms with Crippen molar-refractivity contribution in [1.82, 2.24) is 20.4 Å². The highest BCUT2D eigenvalue weighted by Gasteiger charge is 2.42. The second-order valence-corrected chi connectivity index (χ2v) is 16.3. The van der Waals surface area contributed by atoms with Crippen molar-refractivity contribution >= 4 is 17.1 Å². The zero-order valence-electron chi connectivity index (χ0n) is 19.8. The van der Waals surface area contributed by atoms with Gasteiger partial charge < -0.3 is 23.6 Å². The van der Waals surface area contributed by atoms with Gasteiger partial charge in [-0.1, -0.05) is 0 Å². The van der Waals surface area contributed by atoms with Crippen molar-refractivity contribution in [1.29, 1.82) is 0 Å². The number of nitrogens with zero attached hydrogens (tertiary/aromatic N) is 2. The van der Waals surface area contributed by atoms with Crippen LogP contribution in [0.25, 0.3) is 0 Å². The van der Waals surface area contributed by atoms with Crippen LogP contribution >= 0.6 is 0 Å². The fourth-order valence-electron chi connectivity index (χ4n) is 4.40. The maximum Gasteiger partial charge on any atom is 0.325 e. The lowest BCUT2D eigenvalue weighted by Gasteiger charge is -2.39. The highest BCUT2D eigenvalue weighted by Crippen LogP contribution is 2.27. The van der Waals surface area contributed by atoms with Gasteiger partial charge in [-0.2, -0.15) is 0 Å². The zero-order chi connectivity index (χ0) is 21.3. The van der Waals surface area contributed by atoms with E-state index in [1.165, 1.54) is 0 Å². The first-order chi connectivity index (χ1) is 13.8. The predicted octanol–water partition coefficient (Wildman–Crippen LogP) is 1.81. The molecule has 0 saturated carbocycles. The lowest BCUT2D eigenvalue weighted by Crippen LogP contribution is -2.53. The Kier molecular flexibility index (Phi) is 10.7. The van der Waals surface area contributed by atoms with Gasteiger partial charge in [-0.15, -0.1) is 0 Å². The van der Waals surface area contributed by atoms with Gasteiger partial charge in [0.05, 0.1) is 0 Å². The minimum atomic E-state index is -2.25. The van der Waals surface area contributed by atoms with E-state index in [0.717, 1.165) is 77.3 Å². The van der Waals surface area contributed by atoms with Crippen LogP contribution in [-0.4, -0.2) is 106 Å². The number of hydrogen-bond acceptors (Lipinski definition) is 7. The molecule has 2 saturated heterocycles. The number of rotatable bonds is 12. The number of piperazine rings is 2. The molecule has 0 radical (unpaired) electrons. The van der Waals surface area contributed by atoms with Gasteiger partial charge in [0.2, 0.25) is 0 Å². The van der Waals surface area contributed by atoms with E-state index >= 15 is 0 Å². The summed E-state index contributed by atoms with van der Waals surface area (Å²) in [5.41, 5.74) is 0. The molecule has 0 amide bonds. The van der Waals surface area contributed by atoms with Gasteiger partial charge in [-0.05, 0) is 51.9 Å². The summed E-state index contributed by atoms with van der Waals surface area (Å²) in [5, 5.41) is 6.88. The second-order valence-electron chi connectivity index (χ2n) is 9.13. The minimum absolute atomic E-state index is 0.575.